The van der Waals surface area contributed by atoms with Crippen LogP contribution in [0.25, 0.3) is 0 Å². The fraction of sp³-hybridized carbons (Fsp3) is 0.611. The lowest BCUT2D eigenvalue weighted by Crippen LogP contribution is -2.36. The van der Waals surface area contributed by atoms with Gasteiger partial charge in [0.05, 0.1) is 7.11 Å². The fourth-order valence-electron chi connectivity index (χ4n) is 3.06. The summed E-state index contributed by atoms with van der Waals surface area (Å²) in [5.74, 6) is 1.11. The number of hydrogen-bond donors (Lipinski definition) is 1. The summed E-state index contributed by atoms with van der Waals surface area (Å²) in [6.45, 7) is 2.10. The Kier molecular flexibility index (Phi) is 6.09. The highest BCUT2D eigenvalue weighted by molar-refractivity contribution is 5.76. The van der Waals surface area contributed by atoms with Crippen LogP contribution in [0.3, 0.4) is 0 Å². The molecule has 0 saturated heterocycles. The summed E-state index contributed by atoms with van der Waals surface area (Å²) in [4.78, 5) is 12.0. The van der Waals surface area contributed by atoms with Crippen LogP contribution >= 0.6 is 0 Å². The minimum atomic E-state index is 0.216. The van der Waals surface area contributed by atoms with Gasteiger partial charge in [-0.2, -0.15) is 0 Å². The summed E-state index contributed by atoms with van der Waals surface area (Å²) in [6, 6.07) is 6.57. The second-order valence-electron chi connectivity index (χ2n) is 6.05. The number of benzene rings is 1. The maximum atomic E-state index is 12.0. The molecule has 0 unspecified atom stereocenters. The Balaban J connectivity index is 1.72. The van der Waals surface area contributed by atoms with Crippen LogP contribution in [-0.4, -0.2) is 19.1 Å². The zero-order valence-corrected chi connectivity index (χ0v) is 13.3. The Morgan fingerprint density at radius 3 is 2.71 bits per heavy atom. The molecule has 0 aromatic heterocycles. The van der Waals surface area contributed by atoms with Crippen LogP contribution in [0, 0.1) is 6.92 Å². The Bertz CT molecular complexity index is 464. The van der Waals surface area contributed by atoms with Crippen LogP contribution in [0.2, 0.25) is 0 Å². The molecule has 0 bridgehead atoms. The molecule has 0 atom stereocenters. The van der Waals surface area contributed by atoms with E-state index < -0.39 is 0 Å². The summed E-state index contributed by atoms with van der Waals surface area (Å²) in [5, 5.41) is 3.18. The Morgan fingerprint density at radius 1 is 1.29 bits per heavy atom. The lowest BCUT2D eigenvalue weighted by Gasteiger charge is -2.22. The number of aryl methyl sites for hydroxylation is 2. The molecular weight excluding hydrogens is 262 g/mol. The number of ether oxygens (including phenoxy) is 1. The van der Waals surface area contributed by atoms with Crippen molar-refractivity contribution in [3.8, 4) is 5.75 Å². The van der Waals surface area contributed by atoms with Gasteiger partial charge >= 0.3 is 0 Å². The molecule has 0 spiro atoms. The number of rotatable bonds is 6. The molecular formula is C18H27NO2. The van der Waals surface area contributed by atoms with Crippen molar-refractivity contribution in [2.75, 3.05) is 7.11 Å². The van der Waals surface area contributed by atoms with E-state index in [-0.39, 0.29) is 5.91 Å². The minimum Gasteiger partial charge on any atom is -0.497 e. The topological polar surface area (TPSA) is 38.3 Å². The van der Waals surface area contributed by atoms with Gasteiger partial charge in [-0.3, -0.25) is 4.79 Å². The summed E-state index contributed by atoms with van der Waals surface area (Å²) < 4.78 is 5.21. The van der Waals surface area contributed by atoms with Gasteiger partial charge in [-0.25, -0.2) is 0 Å². The SMILES string of the molecule is COc1ccc(CCCC(=O)NC2CCCCC2)c(C)c1. The molecule has 0 aliphatic heterocycles. The third-order valence-electron chi connectivity index (χ3n) is 4.37. The molecule has 1 aromatic rings. The van der Waals surface area contributed by atoms with Crippen molar-refractivity contribution in [2.24, 2.45) is 0 Å². The first kappa shape index (κ1) is 15.9. The molecule has 1 N–H and O–H groups in total. The Labute approximate surface area is 128 Å². The van der Waals surface area contributed by atoms with Crippen LogP contribution in [0.15, 0.2) is 18.2 Å². The van der Waals surface area contributed by atoms with E-state index in [1.165, 1.54) is 30.4 Å². The smallest absolute Gasteiger partial charge is 0.220 e. The highest BCUT2D eigenvalue weighted by Crippen LogP contribution is 2.19. The van der Waals surface area contributed by atoms with Crippen molar-refractivity contribution in [3.05, 3.63) is 29.3 Å². The number of carbonyl (C=O) groups is 1. The average Bonchev–Trinajstić information content (AvgIpc) is 2.50. The first-order valence-electron chi connectivity index (χ1n) is 8.12. The van der Waals surface area contributed by atoms with E-state index in [2.05, 4.69) is 24.4 Å². The standard InChI is InChI=1S/C18H27NO2/c1-14-13-17(21-2)12-11-15(14)7-6-10-18(20)19-16-8-4-3-5-9-16/h11-13,16H,3-10H2,1-2H3,(H,19,20). The van der Waals surface area contributed by atoms with E-state index >= 15 is 0 Å². The van der Waals surface area contributed by atoms with Crippen LogP contribution in [0.5, 0.6) is 5.75 Å². The van der Waals surface area contributed by atoms with Gasteiger partial charge in [-0.1, -0.05) is 25.3 Å². The second-order valence-corrected chi connectivity index (χ2v) is 6.05. The van der Waals surface area contributed by atoms with Gasteiger partial charge in [0.25, 0.3) is 0 Å². The van der Waals surface area contributed by atoms with Gasteiger partial charge in [0, 0.05) is 12.5 Å². The van der Waals surface area contributed by atoms with Crippen molar-refractivity contribution in [3.63, 3.8) is 0 Å². The van der Waals surface area contributed by atoms with E-state index in [0.29, 0.717) is 12.5 Å². The van der Waals surface area contributed by atoms with Gasteiger partial charge in [-0.05, 0) is 55.9 Å². The lowest BCUT2D eigenvalue weighted by molar-refractivity contribution is -0.122. The number of nitrogens with one attached hydrogen (secondary N) is 1. The monoisotopic (exact) mass is 289 g/mol. The molecule has 3 nitrogen and oxygen atoms in total. The second kappa shape index (κ2) is 8.06. The number of methoxy groups -OCH3 is 1. The maximum Gasteiger partial charge on any atom is 0.220 e. The van der Waals surface area contributed by atoms with E-state index in [1.54, 1.807) is 7.11 Å². The minimum absolute atomic E-state index is 0.216. The van der Waals surface area contributed by atoms with Crippen LogP contribution < -0.4 is 10.1 Å². The van der Waals surface area contributed by atoms with Crippen LogP contribution in [-0.2, 0) is 11.2 Å². The van der Waals surface area contributed by atoms with Crippen molar-refractivity contribution >= 4 is 5.91 Å². The predicted molar refractivity (Wildman–Crippen MR) is 85.7 cm³/mol. The molecule has 21 heavy (non-hydrogen) atoms. The highest BCUT2D eigenvalue weighted by Gasteiger charge is 2.15. The summed E-state index contributed by atoms with van der Waals surface area (Å²) in [5.41, 5.74) is 2.54. The Hall–Kier alpha value is -1.51. The first-order chi connectivity index (χ1) is 10.2. The molecule has 0 radical (unpaired) electrons. The van der Waals surface area contributed by atoms with Gasteiger partial charge in [0.1, 0.15) is 5.75 Å². The molecule has 116 valence electrons. The summed E-state index contributed by atoms with van der Waals surface area (Å²) in [7, 11) is 1.68. The first-order valence-corrected chi connectivity index (χ1v) is 8.12. The van der Waals surface area contributed by atoms with Crippen molar-refractivity contribution < 1.29 is 9.53 Å². The van der Waals surface area contributed by atoms with E-state index in [0.717, 1.165) is 31.4 Å². The van der Waals surface area contributed by atoms with Crippen LogP contribution in [0.4, 0.5) is 0 Å². The molecule has 2 rings (SSSR count). The van der Waals surface area contributed by atoms with Crippen molar-refractivity contribution in [2.45, 2.75) is 64.3 Å². The third kappa shape index (κ3) is 5.07. The molecule has 1 saturated carbocycles. The number of carbonyl (C=O) groups excluding carboxylic acids is 1. The highest BCUT2D eigenvalue weighted by atomic mass is 16.5. The Morgan fingerprint density at radius 2 is 2.05 bits per heavy atom. The lowest BCUT2D eigenvalue weighted by atomic mass is 9.95. The zero-order chi connectivity index (χ0) is 15.1. The molecule has 1 aliphatic carbocycles. The zero-order valence-electron chi connectivity index (χ0n) is 13.3. The molecule has 0 heterocycles. The number of hydrogen-bond acceptors (Lipinski definition) is 2. The summed E-state index contributed by atoms with van der Waals surface area (Å²) in [6.07, 6.45) is 8.64. The van der Waals surface area contributed by atoms with Gasteiger partial charge in [0.2, 0.25) is 5.91 Å². The van der Waals surface area contributed by atoms with E-state index in [4.69, 9.17) is 4.74 Å². The molecule has 1 aliphatic rings. The van der Waals surface area contributed by atoms with Crippen LogP contribution in [0.1, 0.15) is 56.1 Å². The number of amides is 1. The predicted octanol–water partition coefficient (Wildman–Crippen LogP) is 3.78. The molecule has 1 fully saturated rings. The van der Waals surface area contributed by atoms with Crippen molar-refractivity contribution in [1.82, 2.24) is 5.32 Å². The van der Waals surface area contributed by atoms with Crippen molar-refractivity contribution in [1.29, 1.82) is 0 Å². The van der Waals surface area contributed by atoms with E-state index in [9.17, 15) is 4.79 Å². The van der Waals surface area contributed by atoms with E-state index in [1.807, 2.05) is 6.07 Å². The molecule has 3 heteroatoms. The molecule has 1 amide bonds. The average molecular weight is 289 g/mol. The molecule has 1 aromatic carbocycles. The van der Waals surface area contributed by atoms with Gasteiger partial charge in [0.15, 0.2) is 0 Å². The van der Waals surface area contributed by atoms with Gasteiger partial charge in [-0.15, -0.1) is 0 Å². The normalized spacial score (nSPS) is 15.7. The third-order valence-corrected chi connectivity index (χ3v) is 4.37. The van der Waals surface area contributed by atoms with Gasteiger partial charge < -0.3 is 10.1 Å². The quantitative estimate of drug-likeness (QED) is 0.865. The summed E-state index contributed by atoms with van der Waals surface area (Å²) >= 11 is 0. The maximum absolute atomic E-state index is 12.0. The largest absolute Gasteiger partial charge is 0.497 e. The fourth-order valence-corrected chi connectivity index (χ4v) is 3.06.